The largest absolute Gasteiger partial charge is 0.352 e. The van der Waals surface area contributed by atoms with Gasteiger partial charge >= 0.3 is 0 Å². The van der Waals surface area contributed by atoms with Gasteiger partial charge in [0, 0.05) is 42.9 Å². The van der Waals surface area contributed by atoms with Crippen molar-refractivity contribution in [1.82, 2.24) is 14.9 Å². The summed E-state index contributed by atoms with van der Waals surface area (Å²) in [5.41, 5.74) is 1.51. The smallest absolute Gasteiger partial charge is 0.225 e. The fraction of sp³-hybridized carbons (Fsp3) is 0.720. The first-order valence-electron chi connectivity index (χ1n) is 12.5. The van der Waals surface area contributed by atoms with Crippen LogP contribution in [0.25, 0.3) is 10.2 Å². The number of carbonyl (C=O) groups is 1. The van der Waals surface area contributed by atoms with Crippen LogP contribution in [0.1, 0.15) is 87.4 Å². The molecule has 0 aromatic carbocycles. The van der Waals surface area contributed by atoms with Gasteiger partial charge < -0.3 is 9.80 Å². The Morgan fingerprint density at radius 1 is 1.03 bits per heavy atom. The molecular formula is C25H36N4OS. The van der Waals surface area contributed by atoms with Gasteiger partial charge in [-0.3, -0.25) is 4.79 Å². The van der Waals surface area contributed by atoms with E-state index in [2.05, 4.69) is 23.6 Å². The van der Waals surface area contributed by atoms with Crippen molar-refractivity contribution in [3.05, 3.63) is 16.3 Å². The predicted octanol–water partition coefficient (Wildman–Crippen LogP) is 5.31. The lowest BCUT2D eigenvalue weighted by Gasteiger charge is -2.38. The molecule has 2 aromatic heterocycles. The molecule has 0 spiro atoms. The lowest BCUT2D eigenvalue weighted by atomic mass is 9.88. The van der Waals surface area contributed by atoms with Crippen molar-refractivity contribution in [1.29, 1.82) is 0 Å². The standard InChI is InChI=1S/C25H36N4OS/c1-3-17(2)22-26-23(21-19-11-7-8-12-20(19)31-24(21)27-22)28-13-15-29(16-14-28)25(30)18-9-5-4-6-10-18/h17-18H,3-16H2,1-2H3. The Labute approximate surface area is 190 Å². The first-order chi connectivity index (χ1) is 15.2. The molecule has 1 amide bonds. The second-order valence-corrected chi connectivity index (χ2v) is 10.8. The van der Waals surface area contributed by atoms with E-state index < -0.39 is 0 Å². The minimum atomic E-state index is 0.270. The fourth-order valence-electron chi connectivity index (χ4n) is 5.53. The molecule has 1 atom stereocenters. The number of nitrogens with zero attached hydrogens (tertiary/aromatic N) is 4. The fourth-order valence-corrected chi connectivity index (χ4v) is 6.80. The van der Waals surface area contributed by atoms with Crippen molar-refractivity contribution in [2.45, 2.75) is 84.0 Å². The number of carbonyl (C=O) groups excluding carboxylic acids is 1. The SMILES string of the molecule is CCC(C)c1nc(N2CCN(C(=O)C3CCCCC3)CC2)c2c3c(sc2n1)CCCC3. The van der Waals surface area contributed by atoms with Gasteiger partial charge in [0.05, 0.1) is 5.39 Å². The minimum absolute atomic E-state index is 0.270. The monoisotopic (exact) mass is 440 g/mol. The molecule has 2 aromatic rings. The van der Waals surface area contributed by atoms with Gasteiger partial charge in [0.15, 0.2) is 0 Å². The normalized spacial score (nSPS) is 21.4. The lowest BCUT2D eigenvalue weighted by molar-refractivity contribution is -0.136. The van der Waals surface area contributed by atoms with E-state index >= 15 is 0 Å². The first kappa shape index (κ1) is 21.2. The van der Waals surface area contributed by atoms with Gasteiger partial charge in [0.1, 0.15) is 16.5 Å². The molecule has 1 aliphatic heterocycles. The average molecular weight is 441 g/mol. The lowest BCUT2D eigenvalue weighted by Crippen LogP contribution is -2.51. The zero-order chi connectivity index (χ0) is 21.4. The maximum Gasteiger partial charge on any atom is 0.225 e. The van der Waals surface area contributed by atoms with Gasteiger partial charge in [0.2, 0.25) is 5.91 Å². The molecule has 5 nitrogen and oxygen atoms in total. The molecule has 5 rings (SSSR count). The maximum atomic E-state index is 13.0. The second kappa shape index (κ2) is 9.05. The van der Waals surface area contributed by atoms with E-state index in [9.17, 15) is 4.79 Å². The molecule has 0 bridgehead atoms. The summed E-state index contributed by atoms with van der Waals surface area (Å²) in [5, 5.41) is 1.32. The average Bonchev–Trinajstić information content (AvgIpc) is 3.21. The highest BCUT2D eigenvalue weighted by Gasteiger charge is 2.31. The van der Waals surface area contributed by atoms with Crippen molar-refractivity contribution in [3.8, 4) is 0 Å². The van der Waals surface area contributed by atoms with Gasteiger partial charge in [-0.05, 0) is 50.5 Å². The molecule has 3 heterocycles. The van der Waals surface area contributed by atoms with Crippen LogP contribution in [0.15, 0.2) is 0 Å². The summed E-state index contributed by atoms with van der Waals surface area (Å²) in [7, 11) is 0. The predicted molar refractivity (Wildman–Crippen MR) is 128 cm³/mol. The molecule has 0 N–H and O–H groups in total. The van der Waals surface area contributed by atoms with Crippen LogP contribution in [-0.2, 0) is 17.6 Å². The molecule has 1 saturated carbocycles. The zero-order valence-corrected chi connectivity index (χ0v) is 20.0. The highest BCUT2D eigenvalue weighted by Crippen LogP contribution is 2.41. The minimum Gasteiger partial charge on any atom is -0.352 e. The van der Waals surface area contributed by atoms with Crippen LogP contribution in [0, 0.1) is 5.92 Å². The van der Waals surface area contributed by atoms with E-state index in [1.54, 1.807) is 0 Å². The Morgan fingerprint density at radius 2 is 1.77 bits per heavy atom. The van der Waals surface area contributed by atoms with Crippen molar-refractivity contribution in [3.63, 3.8) is 0 Å². The molecular weight excluding hydrogens is 404 g/mol. The third-order valence-electron chi connectivity index (χ3n) is 7.71. The third kappa shape index (κ3) is 4.08. The Balaban J connectivity index is 1.41. The highest BCUT2D eigenvalue weighted by molar-refractivity contribution is 7.19. The highest BCUT2D eigenvalue weighted by atomic mass is 32.1. The van der Waals surface area contributed by atoms with Crippen molar-refractivity contribution >= 4 is 33.3 Å². The number of hydrogen-bond donors (Lipinski definition) is 0. The van der Waals surface area contributed by atoms with Crippen LogP contribution in [0.2, 0.25) is 0 Å². The summed E-state index contributed by atoms with van der Waals surface area (Å²) in [6.07, 6.45) is 11.9. The number of aromatic nitrogens is 2. The summed E-state index contributed by atoms with van der Waals surface area (Å²) in [6, 6.07) is 0. The molecule has 6 heteroatoms. The number of anilines is 1. The van der Waals surface area contributed by atoms with Crippen molar-refractivity contribution in [2.24, 2.45) is 5.92 Å². The van der Waals surface area contributed by atoms with Crippen LogP contribution in [0.3, 0.4) is 0 Å². The van der Waals surface area contributed by atoms with Gasteiger partial charge in [-0.15, -0.1) is 11.3 Å². The van der Waals surface area contributed by atoms with E-state index in [4.69, 9.17) is 9.97 Å². The maximum absolute atomic E-state index is 13.0. The number of aryl methyl sites for hydroxylation is 2. The van der Waals surface area contributed by atoms with Crippen LogP contribution in [-0.4, -0.2) is 47.0 Å². The number of piperazine rings is 1. The van der Waals surface area contributed by atoms with Gasteiger partial charge in [-0.1, -0.05) is 33.1 Å². The van der Waals surface area contributed by atoms with Gasteiger partial charge in [0.25, 0.3) is 0 Å². The summed E-state index contributed by atoms with van der Waals surface area (Å²) < 4.78 is 0. The Morgan fingerprint density at radius 3 is 2.52 bits per heavy atom. The number of thiophene rings is 1. The third-order valence-corrected chi connectivity index (χ3v) is 8.90. The molecule has 1 unspecified atom stereocenters. The molecule has 2 fully saturated rings. The molecule has 31 heavy (non-hydrogen) atoms. The molecule has 1 saturated heterocycles. The molecule has 0 radical (unpaired) electrons. The van der Waals surface area contributed by atoms with E-state index in [1.807, 2.05) is 11.3 Å². The Bertz CT molecular complexity index is 941. The van der Waals surface area contributed by atoms with Gasteiger partial charge in [-0.2, -0.15) is 0 Å². The second-order valence-electron chi connectivity index (χ2n) is 9.75. The topological polar surface area (TPSA) is 49.3 Å². The molecule has 2 aliphatic carbocycles. The van der Waals surface area contributed by atoms with E-state index in [1.165, 1.54) is 59.2 Å². The summed E-state index contributed by atoms with van der Waals surface area (Å²) >= 11 is 1.90. The van der Waals surface area contributed by atoms with Crippen molar-refractivity contribution < 1.29 is 4.79 Å². The number of fused-ring (bicyclic) bond motifs is 3. The Kier molecular flexibility index (Phi) is 6.18. The number of amides is 1. The summed E-state index contributed by atoms with van der Waals surface area (Å²) in [4.78, 5) is 30.5. The first-order valence-corrected chi connectivity index (χ1v) is 13.3. The Hall–Kier alpha value is -1.69. The van der Waals surface area contributed by atoms with Crippen LogP contribution in [0.5, 0.6) is 0 Å². The quantitative estimate of drug-likeness (QED) is 0.646. The summed E-state index contributed by atoms with van der Waals surface area (Å²) in [6.45, 7) is 7.87. The van der Waals surface area contributed by atoms with E-state index in [0.29, 0.717) is 11.8 Å². The zero-order valence-electron chi connectivity index (χ0n) is 19.2. The molecule has 168 valence electrons. The number of hydrogen-bond acceptors (Lipinski definition) is 5. The van der Waals surface area contributed by atoms with Crippen LogP contribution >= 0.6 is 11.3 Å². The summed E-state index contributed by atoms with van der Waals surface area (Å²) in [5.74, 6) is 3.18. The van der Waals surface area contributed by atoms with Crippen molar-refractivity contribution in [2.75, 3.05) is 31.1 Å². The number of rotatable bonds is 4. The van der Waals surface area contributed by atoms with Crippen LogP contribution < -0.4 is 4.90 Å². The van der Waals surface area contributed by atoms with Crippen LogP contribution in [0.4, 0.5) is 5.82 Å². The van der Waals surface area contributed by atoms with E-state index in [0.717, 1.165) is 63.5 Å². The van der Waals surface area contributed by atoms with Gasteiger partial charge in [-0.25, -0.2) is 9.97 Å². The van der Waals surface area contributed by atoms with E-state index in [-0.39, 0.29) is 5.92 Å². The molecule has 3 aliphatic rings.